The Labute approximate surface area is 154 Å². The number of amides is 2. The molecule has 2 N–H and O–H groups in total. The number of para-hydroxylation sites is 1. The summed E-state index contributed by atoms with van der Waals surface area (Å²) in [6.45, 7) is 4.83. The van der Waals surface area contributed by atoms with E-state index in [1.165, 1.54) is 6.21 Å². The lowest BCUT2D eigenvalue weighted by Crippen LogP contribution is -2.36. The Hall–Kier alpha value is -2.32. The van der Waals surface area contributed by atoms with Crippen LogP contribution in [-0.4, -0.2) is 38.5 Å². The predicted octanol–water partition coefficient (Wildman–Crippen LogP) is 3.34. The number of hydrogen-bond donors (Lipinski definition) is 2. The van der Waals surface area contributed by atoms with E-state index in [1.807, 2.05) is 37.3 Å². The maximum atomic E-state index is 11.9. The third kappa shape index (κ3) is 4.61. The Bertz CT molecular complexity index is 769. The molecule has 8 heteroatoms. The molecule has 1 aromatic carbocycles. The fourth-order valence-electron chi connectivity index (χ4n) is 2.44. The number of aryl methyl sites for hydroxylation is 1. The molecule has 1 aliphatic heterocycles. The molecule has 0 atom stereocenters. The standard InChI is InChI=1S/C17H19BrN4O3/c1-12-4-2-3-5-15(12)20-17(23)21-19-11-13-10-14(18)16(25-13)22-6-8-24-9-7-22/h2-5,10-11H,6-9H2,1H3,(H2,20,21,23)/b19-11+. The zero-order valence-corrected chi connectivity index (χ0v) is 15.4. The van der Waals surface area contributed by atoms with E-state index in [0.717, 1.165) is 34.7 Å². The van der Waals surface area contributed by atoms with Gasteiger partial charge in [-0.1, -0.05) is 18.2 Å². The van der Waals surface area contributed by atoms with Crippen LogP contribution in [-0.2, 0) is 4.74 Å². The summed E-state index contributed by atoms with van der Waals surface area (Å²) >= 11 is 3.49. The largest absolute Gasteiger partial charge is 0.438 e. The normalized spacial score (nSPS) is 14.7. The molecule has 1 aromatic heterocycles. The molecule has 0 spiro atoms. The van der Waals surface area contributed by atoms with Crippen LogP contribution in [0.4, 0.5) is 16.4 Å². The van der Waals surface area contributed by atoms with Crippen LogP contribution in [0.5, 0.6) is 0 Å². The van der Waals surface area contributed by atoms with Gasteiger partial charge in [-0.15, -0.1) is 0 Å². The summed E-state index contributed by atoms with van der Waals surface area (Å²) in [6, 6.07) is 8.93. The van der Waals surface area contributed by atoms with Crippen molar-refractivity contribution in [2.75, 3.05) is 36.5 Å². The van der Waals surface area contributed by atoms with Crippen molar-refractivity contribution in [3.05, 3.63) is 46.1 Å². The Morgan fingerprint density at radius 2 is 2.08 bits per heavy atom. The van der Waals surface area contributed by atoms with Gasteiger partial charge >= 0.3 is 6.03 Å². The quantitative estimate of drug-likeness (QED) is 0.602. The van der Waals surface area contributed by atoms with E-state index in [4.69, 9.17) is 9.15 Å². The lowest BCUT2D eigenvalue weighted by molar-refractivity contribution is 0.120. The molecule has 1 aliphatic rings. The lowest BCUT2D eigenvalue weighted by atomic mass is 10.2. The molecule has 0 unspecified atom stereocenters. The van der Waals surface area contributed by atoms with E-state index in [0.29, 0.717) is 19.0 Å². The van der Waals surface area contributed by atoms with Crippen molar-refractivity contribution in [3.8, 4) is 0 Å². The van der Waals surface area contributed by atoms with E-state index >= 15 is 0 Å². The molecule has 7 nitrogen and oxygen atoms in total. The smallest absolute Gasteiger partial charge is 0.339 e. The highest BCUT2D eigenvalue weighted by molar-refractivity contribution is 9.10. The molecule has 0 radical (unpaired) electrons. The van der Waals surface area contributed by atoms with Crippen LogP contribution >= 0.6 is 15.9 Å². The van der Waals surface area contributed by atoms with Gasteiger partial charge in [0.05, 0.1) is 23.9 Å². The van der Waals surface area contributed by atoms with Crippen LogP contribution in [0.1, 0.15) is 11.3 Å². The molecule has 132 valence electrons. The number of halogens is 1. The number of ether oxygens (including phenoxy) is 1. The van der Waals surface area contributed by atoms with E-state index in [9.17, 15) is 4.79 Å². The van der Waals surface area contributed by atoms with E-state index in [-0.39, 0.29) is 0 Å². The Morgan fingerprint density at radius 1 is 1.32 bits per heavy atom. The van der Waals surface area contributed by atoms with Gasteiger partial charge < -0.3 is 19.4 Å². The molecule has 2 aromatic rings. The minimum Gasteiger partial charge on any atom is -0.438 e. The van der Waals surface area contributed by atoms with E-state index in [1.54, 1.807) is 0 Å². The number of carbonyl (C=O) groups is 1. The molecule has 0 saturated carbocycles. The fraction of sp³-hybridized carbons (Fsp3) is 0.294. The highest BCUT2D eigenvalue weighted by atomic mass is 79.9. The maximum absolute atomic E-state index is 11.9. The number of hydrogen-bond acceptors (Lipinski definition) is 5. The van der Waals surface area contributed by atoms with Gasteiger partial charge in [0, 0.05) is 24.8 Å². The third-order valence-electron chi connectivity index (χ3n) is 3.74. The zero-order valence-electron chi connectivity index (χ0n) is 13.8. The first-order valence-electron chi connectivity index (χ1n) is 7.91. The van der Waals surface area contributed by atoms with Crippen LogP contribution in [0.2, 0.25) is 0 Å². The minimum absolute atomic E-state index is 0.412. The first kappa shape index (κ1) is 17.5. The average molecular weight is 407 g/mol. The number of morpholine rings is 1. The van der Waals surface area contributed by atoms with Gasteiger partial charge in [0.1, 0.15) is 0 Å². The van der Waals surface area contributed by atoms with Gasteiger partial charge in [-0.3, -0.25) is 0 Å². The summed E-state index contributed by atoms with van der Waals surface area (Å²) < 4.78 is 12.0. The van der Waals surface area contributed by atoms with Gasteiger partial charge in [-0.25, -0.2) is 10.2 Å². The van der Waals surface area contributed by atoms with Gasteiger partial charge in [0.2, 0.25) is 5.88 Å². The van der Waals surface area contributed by atoms with Crippen molar-refractivity contribution < 1.29 is 13.9 Å². The van der Waals surface area contributed by atoms with Gasteiger partial charge in [0.25, 0.3) is 0 Å². The monoisotopic (exact) mass is 406 g/mol. The number of nitrogens with one attached hydrogen (secondary N) is 2. The van der Waals surface area contributed by atoms with Crippen LogP contribution in [0.25, 0.3) is 0 Å². The number of urea groups is 1. The minimum atomic E-state index is -0.412. The third-order valence-corrected chi connectivity index (χ3v) is 4.31. The van der Waals surface area contributed by atoms with Crippen molar-refractivity contribution in [1.82, 2.24) is 5.43 Å². The molecule has 25 heavy (non-hydrogen) atoms. The number of benzene rings is 1. The molecular weight excluding hydrogens is 388 g/mol. The van der Waals surface area contributed by atoms with Crippen LogP contribution < -0.4 is 15.6 Å². The van der Waals surface area contributed by atoms with Crippen LogP contribution in [0, 0.1) is 6.92 Å². The lowest BCUT2D eigenvalue weighted by Gasteiger charge is -2.26. The molecule has 0 aliphatic carbocycles. The summed E-state index contributed by atoms with van der Waals surface area (Å²) in [5.74, 6) is 1.29. The number of furan rings is 1. The van der Waals surface area contributed by atoms with Gasteiger partial charge in [0.15, 0.2) is 5.76 Å². The fourth-order valence-corrected chi connectivity index (χ4v) is 3.00. The van der Waals surface area contributed by atoms with Crippen LogP contribution in [0.3, 0.4) is 0 Å². The predicted molar refractivity (Wildman–Crippen MR) is 100 cm³/mol. The zero-order chi connectivity index (χ0) is 17.6. The molecule has 1 saturated heterocycles. The molecule has 2 heterocycles. The summed E-state index contributed by atoms with van der Waals surface area (Å²) in [6.07, 6.45) is 1.46. The number of anilines is 2. The molecule has 1 fully saturated rings. The summed E-state index contributed by atoms with van der Waals surface area (Å²) in [7, 11) is 0. The maximum Gasteiger partial charge on any atom is 0.339 e. The highest BCUT2D eigenvalue weighted by Crippen LogP contribution is 2.30. The van der Waals surface area contributed by atoms with Crippen molar-refractivity contribution in [2.45, 2.75) is 6.92 Å². The molecular formula is C17H19BrN4O3. The van der Waals surface area contributed by atoms with Gasteiger partial charge in [-0.05, 0) is 34.5 Å². The Morgan fingerprint density at radius 3 is 2.84 bits per heavy atom. The number of nitrogens with zero attached hydrogens (tertiary/aromatic N) is 2. The SMILES string of the molecule is Cc1ccccc1NC(=O)N/N=C/c1cc(Br)c(N2CCOCC2)o1. The summed E-state index contributed by atoms with van der Waals surface area (Å²) in [5.41, 5.74) is 4.15. The Kier molecular flexibility index (Phi) is 5.72. The van der Waals surface area contributed by atoms with Crippen LogP contribution in [0.15, 0.2) is 44.3 Å². The van der Waals surface area contributed by atoms with E-state index in [2.05, 4.69) is 36.7 Å². The topological polar surface area (TPSA) is 79.1 Å². The van der Waals surface area contributed by atoms with Crippen molar-refractivity contribution in [1.29, 1.82) is 0 Å². The molecule has 3 rings (SSSR count). The first-order chi connectivity index (χ1) is 12.1. The highest BCUT2D eigenvalue weighted by Gasteiger charge is 2.18. The van der Waals surface area contributed by atoms with Crippen molar-refractivity contribution in [3.63, 3.8) is 0 Å². The molecule has 0 bridgehead atoms. The Balaban J connectivity index is 1.57. The average Bonchev–Trinajstić information content (AvgIpc) is 2.98. The van der Waals surface area contributed by atoms with Crippen molar-refractivity contribution >= 4 is 39.7 Å². The van der Waals surface area contributed by atoms with Crippen molar-refractivity contribution in [2.24, 2.45) is 5.10 Å². The summed E-state index contributed by atoms with van der Waals surface area (Å²) in [5, 5.41) is 6.66. The molecule has 2 amide bonds. The first-order valence-corrected chi connectivity index (χ1v) is 8.70. The summed E-state index contributed by atoms with van der Waals surface area (Å²) in [4.78, 5) is 14.0. The van der Waals surface area contributed by atoms with Gasteiger partial charge in [-0.2, -0.15) is 5.10 Å². The second-order valence-corrected chi connectivity index (χ2v) is 6.39. The number of rotatable bonds is 4. The number of carbonyl (C=O) groups excluding carboxylic acids is 1. The number of hydrazone groups is 1. The second-order valence-electron chi connectivity index (χ2n) is 5.54. The second kappa shape index (κ2) is 8.17. The van der Waals surface area contributed by atoms with E-state index < -0.39 is 6.03 Å².